The van der Waals surface area contributed by atoms with Crippen molar-refractivity contribution in [1.29, 1.82) is 0 Å². The zero-order chi connectivity index (χ0) is 15.1. The van der Waals surface area contributed by atoms with Crippen LogP contribution in [0.1, 0.15) is 58.4 Å². The highest BCUT2D eigenvalue weighted by Gasteiger charge is 2.20. The summed E-state index contributed by atoms with van der Waals surface area (Å²) >= 11 is 0. The predicted octanol–water partition coefficient (Wildman–Crippen LogP) is 3.99. The zero-order valence-corrected chi connectivity index (χ0v) is 13.9. The van der Waals surface area contributed by atoms with E-state index in [9.17, 15) is 0 Å². The Hall–Kier alpha value is -1.09. The van der Waals surface area contributed by atoms with Gasteiger partial charge < -0.3 is 10.2 Å². The normalized spacial score (nSPS) is 19.8. The number of pyridine rings is 1. The molecular weight excluding hydrogens is 258 g/mol. The second-order valence-electron chi connectivity index (χ2n) is 6.65. The molecule has 0 spiro atoms. The van der Waals surface area contributed by atoms with Crippen LogP contribution >= 0.6 is 0 Å². The molecule has 0 aliphatic carbocycles. The third-order valence-electron chi connectivity index (χ3n) is 4.33. The quantitative estimate of drug-likeness (QED) is 0.858. The number of hydrogen-bond acceptors (Lipinski definition) is 3. The molecule has 1 fully saturated rings. The standard InChI is InChI=1S/C18H31N3/c1-4-17-8-6-5-7-11-21(17)18-10-9-16(14-20-18)13-19-12-15(2)3/h9-10,14-15,17,19H,4-8,11-13H2,1-3H3. The topological polar surface area (TPSA) is 28.2 Å². The Balaban J connectivity index is 1.96. The van der Waals surface area contributed by atoms with Gasteiger partial charge in [-0.05, 0) is 43.4 Å². The van der Waals surface area contributed by atoms with Crippen molar-refractivity contribution in [1.82, 2.24) is 10.3 Å². The van der Waals surface area contributed by atoms with E-state index in [1.165, 1.54) is 37.7 Å². The van der Waals surface area contributed by atoms with Gasteiger partial charge in [-0.2, -0.15) is 0 Å². The second kappa shape index (κ2) is 8.38. The average molecular weight is 289 g/mol. The Bertz CT molecular complexity index is 399. The molecule has 0 radical (unpaired) electrons. The number of aromatic nitrogens is 1. The summed E-state index contributed by atoms with van der Waals surface area (Å²) < 4.78 is 0. The van der Waals surface area contributed by atoms with Crippen LogP contribution in [0.4, 0.5) is 5.82 Å². The molecule has 1 aliphatic rings. The largest absolute Gasteiger partial charge is 0.354 e. The molecule has 1 saturated heterocycles. The predicted molar refractivity (Wildman–Crippen MR) is 90.7 cm³/mol. The van der Waals surface area contributed by atoms with Gasteiger partial charge in [0, 0.05) is 25.3 Å². The summed E-state index contributed by atoms with van der Waals surface area (Å²) in [6.07, 6.45) is 8.61. The van der Waals surface area contributed by atoms with Gasteiger partial charge in [0.1, 0.15) is 5.82 Å². The highest BCUT2D eigenvalue weighted by molar-refractivity contribution is 5.40. The highest BCUT2D eigenvalue weighted by Crippen LogP contribution is 2.24. The van der Waals surface area contributed by atoms with Crippen LogP contribution in [0.25, 0.3) is 0 Å². The van der Waals surface area contributed by atoms with Crippen molar-refractivity contribution < 1.29 is 0 Å². The molecule has 3 nitrogen and oxygen atoms in total. The Morgan fingerprint density at radius 3 is 2.81 bits per heavy atom. The smallest absolute Gasteiger partial charge is 0.128 e. The van der Waals surface area contributed by atoms with Gasteiger partial charge in [-0.1, -0.05) is 39.7 Å². The molecule has 1 aromatic rings. The SMILES string of the molecule is CCC1CCCCCN1c1ccc(CNCC(C)C)cn1. The first-order valence-corrected chi connectivity index (χ1v) is 8.63. The summed E-state index contributed by atoms with van der Waals surface area (Å²) in [5.41, 5.74) is 1.28. The lowest BCUT2D eigenvalue weighted by molar-refractivity contribution is 0.548. The molecular formula is C18H31N3. The number of hydrogen-bond donors (Lipinski definition) is 1. The van der Waals surface area contributed by atoms with E-state index < -0.39 is 0 Å². The van der Waals surface area contributed by atoms with E-state index >= 15 is 0 Å². The first-order valence-electron chi connectivity index (χ1n) is 8.63. The van der Waals surface area contributed by atoms with Crippen LogP contribution in [0.2, 0.25) is 0 Å². The fourth-order valence-electron chi connectivity index (χ4n) is 3.10. The fourth-order valence-corrected chi connectivity index (χ4v) is 3.10. The van der Waals surface area contributed by atoms with Crippen molar-refractivity contribution in [3.63, 3.8) is 0 Å². The molecule has 1 N–H and O–H groups in total. The van der Waals surface area contributed by atoms with Crippen molar-refractivity contribution >= 4 is 5.82 Å². The first kappa shape index (κ1) is 16.3. The Morgan fingerprint density at radius 2 is 2.14 bits per heavy atom. The Morgan fingerprint density at radius 1 is 1.29 bits per heavy atom. The van der Waals surface area contributed by atoms with Gasteiger partial charge in [0.15, 0.2) is 0 Å². The molecule has 0 aromatic carbocycles. The average Bonchev–Trinajstić information content (AvgIpc) is 2.73. The molecule has 1 aromatic heterocycles. The lowest BCUT2D eigenvalue weighted by Gasteiger charge is -2.30. The maximum atomic E-state index is 4.73. The van der Waals surface area contributed by atoms with Crippen LogP contribution in [0.5, 0.6) is 0 Å². The maximum absolute atomic E-state index is 4.73. The molecule has 1 atom stereocenters. The van der Waals surface area contributed by atoms with Crippen LogP contribution in [0.3, 0.4) is 0 Å². The molecule has 0 bridgehead atoms. The van der Waals surface area contributed by atoms with E-state index in [2.05, 4.69) is 43.1 Å². The van der Waals surface area contributed by atoms with E-state index in [4.69, 9.17) is 4.98 Å². The molecule has 2 rings (SSSR count). The van der Waals surface area contributed by atoms with Crippen LogP contribution < -0.4 is 10.2 Å². The van der Waals surface area contributed by atoms with Crippen molar-refractivity contribution in [2.45, 2.75) is 65.5 Å². The summed E-state index contributed by atoms with van der Waals surface area (Å²) in [6, 6.07) is 5.11. The lowest BCUT2D eigenvalue weighted by Crippen LogP contribution is -2.35. The van der Waals surface area contributed by atoms with Crippen molar-refractivity contribution in [3.8, 4) is 0 Å². The first-order chi connectivity index (χ1) is 10.2. The Labute approximate surface area is 130 Å². The van der Waals surface area contributed by atoms with Gasteiger partial charge >= 0.3 is 0 Å². The maximum Gasteiger partial charge on any atom is 0.128 e. The third kappa shape index (κ3) is 4.99. The fraction of sp³-hybridized carbons (Fsp3) is 0.722. The minimum atomic E-state index is 0.671. The summed E-state index contributed by atoms with van der Waals surface area (Å²) in [6.45, 7) is 9.91. The van der Waals surface area contributed by atoms with E-state index in [-0.39, 0.29) is 0 Å². The minimum Gasteiger partial charge on any atom is -0.354 e. The zero-order valence-electron chi connectivity index (χ0n) is 13.9. The molecule has 2 heterocycles. The van der Waals surface area contributed by atoms with Crippen molar-refractivity contribution in [3.05, 3.63) is 23.9 Å². The summed E-state index contributed by atoms with van der Waals surface area (Å²) in [4.78, 5) is 7.25. The van der Waals surface area contributed by atoms with Crippen molar-refractivity contribution in [2.24, 2.45) is 5.92 Å². The molecule has 118 valence electrons. The number of nitrogens with zero attached hydrogens (tertiary/aromatic N) is 2. The van der Waals surface area contributed by atoms with Gasteiger partial charge in [-0.3, -0.25) is 0 Å². The van der Waals surface area contributed by atoms with Gasteiger partial charge in [-0.15, -0.1) is 0 Å². The molecule has 0 amide bonds. The summed E-state index contributed by atoms with van der Waals surface area (Å²) in [7, 11) is 0. The van der Waals surface area contributed by atoms with E-state index in [0.717, 1.165) is 25.5 Å². The van der Waals surface area contributed by atoms with Crippen LogP contribution in [-0.4, -0.2) is 24.1 Å². The van der Waals surface area contributed by atoms with Crippen LogP contribution in [0, 0.1) is 5.92 Å². The third-order valence-corrected chi connectivity index (χ3v) is 4.33. The van der Waals surface area contributed by atoms with E-state index in [1.54, 1.807) is 0 Å². The van der Waals surface area contributed by atoms with Gasteiger partial charge in [-0.25, -0.2) is 4.98 Å². The molecule has 1 unspecified atom stereocenters. The lowest BCUT2D eigenvalue weighted by atomic mass is 10.1. The number of anilines is 1. The van der Waals surface area contributed by atoms with Crippen LogP contribution in [-0.2, 0) is 6.54 Å². The molecule has 3 heteroatoms. The van der Waals surface area contributed by atoms with Gasteiger partial charge in [0.25, 0.3) is 0 Å². The number of nitrogens with one attached hydrogen (secondary N) is 1. The highest BCUT2D eigenvalue weighted by atomic mass is 15.2. The molecule has 21 heavy (non-hydrogen) atoms. The second-order valence-corrected chi connectivity index (χ2v) is 6.65. The minimum absolute atomic E-state index is 0.671. The number of rotatable bonds is 6. The van der Waals surface area contributed by atoms with Gasteiger partial charge in [0.05, 0.1) is 0 Å². The van der Waals surface area contributed by atoms with Crippen LogP contribution in [0.15, 0.2) is 18.3 Å². The Kier molecular flexibility index (Phi) is 6.50. The summed E-state index contributed by atoms with van der Waals surface area (Å²) in [5, 5.41) is 3.48. The van der Waals surface area contributed by atoms with E-state index in [1.807, 2.05) is 6.20 Å². The van der Waals surface area contributed by atoms with Crippen molar-refractivity contribution in [2.75, 3.05) is 18.0 Å². The molecule has 1 aliphatic heterocycles. The van der Waals surface area contributed by atoms with E-state index in [0.29, 0.717) is 12.0 Å². The molecule has 0 saturated carbocycles. The summed E-state index contributed by atoms with van der Waals surface area (Å²) in [5.74, 6) is 1.86. The monoisotopic (exact) mass is 289 g/mol. The van der Waals surface area contributed by atoms with Gasteiger partial charge in [0.2, 0.25) is 0 Å².